The molecule has 0 aliphatic rings. The lowest BCUT2D eigenvalue weighted by Crippen LogP contribution is -2.35. The number of nitrogens with one attached hydrogen (secondary N) is 2. The first kappa shape index (κ1) is 16.8. The molecule has 7 heteroatoms. The van der Waals surface area contributed by atoms with Crippen LogP contribution in [0, 0.1) is 12.8 Å². The molecule has 0 saturated carbocycles. The van der Waals surface area contributed by atoms with E-state index in [0.29, 0.717) is 21.6 Å². The van der Waals surface area contributed by atoms with E-state index in [2.05, 4.69) is 26.6 Å². The van der Waals surface area contributed by atoms with Gasteiger partial charge in [-0.3, -0.25) is 4.79 Å². The maximum absolute atomic E-state index is 11.7. The van der Waals surface area contributed by atoms with Gasteiger partial charge in [0.25, 0.3) is 0 Å². The van der Waals surface area contributed by atoms with Crippen LogP contribution in [-0.4, -0.2) is 23.7 Å². The van der Waals surface area contributed by atoms with Gasteiger partial charge >= 0.3 is 12.0 Å². The number of carbonyl (C=O) groups excluding carboxylic acids is 1. The van der Waals surface area contributed by atoms with Gasteiger partial charge in [-0.25, -0.2) is 4.79 Å². The lowest BCUT2D eigenvalue weighted by atomic mass is 10.1. The van der Waals surface area contributed by atoms with Crippen LogP contribution in [0.4, 0.5) is 10.5 Å². The van der Waals surface area contributed by atoms with Crippen molar-refractivity contribution < 1.29 is 14.7 Å². The third kappa shape index (κ3) is 4.68. The van der Waals surface area contributed by atoms with Gasteiger partial charge in [-0.05, 0) is 47.0 Å². The van der Waals surface area contributed by atoms with E-state index in [4.69, 9.17) is 16.7 Å². The third-order valence-corrected chi connectivity index (χ3v) is 3.91. The molecular formula is C13H16BrClN2O3. The summed E-state index contributed by atoms with van der Waals surface area (Å²) in [6.45, 7) is 3.69. The molecule has 0 bridgehead atoms. The maximum atomic E-state index is 11.7. The number of halogens is 2. The minimum Gasteiger partial charge on any atom is -0.481 e. The van der Waals surface area contributed by atoms with Gasteiger partial charge in [-0.2, -0.15) is 0 Å². The molecular weight excluding hydrogens is 348 g/mol. The van der Waals surface area contributed by atoms with Crippen LogP contribution in [-0.2, 0) is 4.79 Å². The fourth-order valence-electron chi connectivity index (χ4n) is 1.53. The molecule has 1 atom stereocenters. The number of amides is 2. The second-order valence-electron chi connectivity index (χ2n) is 4.36. The first-order chi connectivity index (χ1) is 9.35. The number of aryl methyl sites for hydroxylation is 1. The number of benzene rings is 1. The van der Waals surface area contributed by atoms with E-state index >= 15 is 0 Å². The van der Waals surface area contributed by atoms with E-state index in [0.717, 1.165) is 5.56 Å². The number of hydrogen-bond donors (Lipinski definition) is 3. The fourth-order valence-corrected chi connectivity index (χ4v) is 2.25. The summed E-state index contributed by atoms with van der Waals surface area (Å²) in [7, 11) is 0. The second kappa shape index (κ2) is 7.50. The molecule has 1 aromatic carbocycles. The van der Waals surface area contributed by atoms with Gasteiger partial charge < -0.3 is 15.7 Å². The molecule has 2 amide bonds. The highest BCUT2D eigenvalue weighted by Crippen LogP contribution is 2.29. The Bertz CT molecular complexity index is 523. The normalized spacial score (nSPS) is 11.8. The highest BCUT2D eigenvalue weighted by molar-refractivity contribution is 9.10. The zero-order chi connectivity index (χ0) is 15.3. The van der Waals surface area contributed by atoms with Crippen molar-refractivity contribution in [2.45, 2.75) is 20.3 Å². The summed E-state index contributed by atoms with van der Waals surface area (Å²) in [4.78, 5) is 22.6. The predicted molar refractivity (Wildman–Crippen MR) is 82.3 cm³/mol. The van der Waals surface area contributed by atoms with Crippen LogP contribution in [0.3, 0.4) is 0 Å². The molecule has 0 saturated heterocycles. The van der Waals surface area contributed by atoms with E-state index in [1.54, 1.807) is 19.1 Å². The Morgan fingerprint density at radius 2 is 2.10 bits per heavy atom. The Morgan fingerprint density at radius 3 is 2.65 bits per heavy atom. The van der Waals surface area contributed by atoms with Gasteiger partial charge in [0, 0.05) is 16.0 Å². The van der Waals surface area contributed by atoms with Crippen LogP contribution in [0.2, 0.25) is 5.02 Å². The molecule has 1 rings (SSSR count). The minimum atomic E-state index is -0.924. The van der Waals surface area contributed by atoms with Gasteiger partial charge in [0.2, 0.25) is 0 Å². The number of rotatable bonds is 5. The largest absolute Gasteiger partial charge is 0.481 e. The highest BCUT2D eigenvalue weighted by Gasteiger charge is 2.16. The molecule has 3 N–H and O–H groups in total. The number of carbonyl (C=O) groups is 2. The van der Waals surface area contributed by atoms with Crippen LogP contribution in [0.1, 0.15) is 18.9 Å². The smallest absolute Gasteiger partial charge is 0.319 e. The minimum absolute atomic E-state index is 0.0783. The van der Waals surface area contributed by atoms with E-state index in [1.807, 2.05) is 6.92 Å². The topological polar surface area (TPSA) is 78.4 Å². The predicted octanol–water partition coefficient (Wildman–Crippen LogP) is 3.64. The van der Waals surface area contributed by atoms with Crippen molar-refractivity contribution in [1.82, 2.24) is 5.32 Å². The monoisotopic (exact) mass is 362 g/mol. The van der Waals surface area contributed by atoms with Gasteiger partial charge in [0.15, 0.2) is 0 Å². The van der Waals surface area contributed by atoms with Crippen molar-refractivity contribution in [3.8, 4) is 0 Å². The SMILES string of the molecule is CCC(CNC(=O)Nc1cc(Cl)c(C)cc1Br)C(=O)O. The summed E-state index contributed by atoms with van der Waals surface area (Å²) in [6, 6.07) is 2.96. The van der Waals surface area contributed by atoms with Crippen LogP contribution < -0.4 is 10.6 Å². The number of aliphatic carboxylic acids is 1. The molecule has 0 fully saturated rings. The first-order valence-corrected chi connectivity index (χ1v) is 7.25. The first-order valence-electron chi connectivity index (χ1n) is 6.08. The number of hydrogen-bond acceptors (Lipinski definition) is 2. The number of anilines is 1. The van der Waals surface area contributed by atoms with Crippen molar-refractivity contribution in [3.63, 3.8) is 0 Å². The summed E-state index contributed by atoms with van der Waals surface area (Å²) in [5, 5.41) is 14.6. The molecule has 0 radical (unpaired) electrons. The quantitative estimate of drug-likeness (QED) is 0.747. The molecule has 1 aromatic rings. The lowest BCUT2D eigenvalue weighted by molar-refractivity contribution is -0.141. The van der Waals surface area contributed by atoms with Gasteiger partial charge in [0.1, 0.15) is 0 Å². The molecule has 0 spiro atoms. The second-order valence-corrected chi connectivity index (χ2v) is 5.62. The molecule has 1 unspecified atom stereocenters. The lowest BCUT2D eigenvalue weighted by Gasteiger charge is -2.13. The van der Waals surface area contributed by atoms with Crippen molar-refractivity contribution >= 4 is 45.2 Å². The summed E-state index contributed by atoms with van der Waals surface area (Å²) >= 11 is 9.32. The zero-order valence-corrected chi connectivity index (χ0v) is 13.5. The Balaban J connectivity index is 2.63. The van der Waals surface area contributed by atoms with E-state index < -0.39 is 17.9 Å². The van der Waals surface area contributed by atoms with Crippen LogP contribution in [0.5, 0.6) is 0 Å². The van der Waals surface area contributed by atoms with Crippen molar-refractivity contribution in [3.05, 3.63) is 27.2 Å². The molecule has 110 valence electrons. The third-order valence-electron chi connectivity index (χ3n) is 2.85. The van der Waals surface area contributed by atoms with E-state index in [-0.39, 0.29) is 6.54 Å². The standard InChI is InChI=1S/C13H16BrClN2O3/c1-3-8(12(18)19)6-16-13(20)17-11-5-10(15)7(2)4-9(11)14/h4-5,8H,3,6H2,1-2H3,(H,18,19)(H2,16,17,20). The Morgan fingerprint density at radius 1 is 1.45 bits per heavy atom. The Hall–Kier alpha value is -1.27. The van der Waals surface area contributed by atoms with Crippen molar-refractivity contribution in [1.29, 1.82) is 0 Å². The fraction of sp³-hybridized carbons (Fsp3) is 0.385. The number of carboxylic acid groups (broad SMARTS) is 1. The van der Waals surface area contributed by atoms with E-state index in [1.165, 1.54) is 0 Å². The zero-order valence-electron chi connectivity index (χ0n) is 11.2. The summed E-state index contributed by atoms with van der Waals surface area (Å²) in [5.41, 5.74) is 1.42. The summed E-state index contributed by atoms with van der Waals surface area (Å²) in [5.74, 6) is -1.52. The highest BCUT2D eigenvalue weighted by atomic mass is 79.9. The molecule has 0 aliphatic heterocycles. The van der Waals surface area contributed by atoms with Crippen molar-refractivity contribution in [2.75, 3.05) is 11.9 Å². The molecule has 0 heterocycles. The summed E-state index contributed by atoms with van der Waals surface area (Å²) < 4.78 is 0.708. The molecule has 0 aromatic heterocycles. The maximum Gasteiger partial charge on any atom is 0.319 e. The molecule has 20 heavy (non-hydrogen) atoms. The average Bonchev–Trinajstić information content (AvgIpc) is 2.36. The van der Waals surface area contributed by atoms with Gasteiger partial charge in [-0.15, -0.1) is 0 Å². The number of urea groups is 1. The van der Waals surface area contributed by atoms with Crippen molar-refractivity contribution in [2.24, 2.45) is 5.92 Å². The van der Waals surface area contributed by atoms with Crippen LogP contribution in [0.15, 0.2) is 16.6 Å². The molecule has 0 aliphatic carbocycles. The number of carboxylic acids is 1. The Labute approximate surface area is 130 Å². The van der Waals surface area contributed by atoms with Crippen LogP contribution >= 0.6 is 27.5 Å². The van der Waals surface area contributed by atoms with Crippen LogP contribution in [0.25, 0.3) is 0 Å². The van der Waals surface area contributed by atoms with E-state index in [9.17, 15) is 9.59 Å². The average molecular weight is 364 g/mol. The molecule has 5 nitrogen and oxygen atoms in total. The summed E-state index contributed by atoms with van der Waals surface area (Å²) in [6.07, 6.45) is 0.454. The van der Waals surface area contributed by atoms with Gasteiger partial charge in [-0.1, -0.05) is 18.5 Å². The van der Waals surface area contributed by atoms with Gasteiger partial charge in [0.05, 0.1) is 11.6 Å². The Kier molecular flexibility index (Phi) is 6.29.